The maximum atomic E-state index is 12.5. The third-order valence-corrected chi connectivity index (χ3v) is 3.86. The maximum Gasteiger partial charge on any atom is 0.253 e. The van der Waals surface area contributed by atoms with Crippen molar-refractivity contribution in [1.82, 2.24) is 14.9 Å². The van der Waals surface area contributed by atoms with E-state index in [9.17, 15) is 4.79 Å². The number of carbonyl (C=O) groups is 1. The first-order valence-electron chi connectivity index (χ1n) is 6.98. The summed E-state index contributed by atoms with van der Waals surface area (Å²) in [4.78, 5) is 22.9. The van der Waals surface area contributed by atoms with E-state index in [1.54, 1.807) is 12.4 Å². The molecule has 5 heteroatoms. The van der Waals surface area contributed by atoms with Gasteiger partial charge in [0.25, 0.3) is 5.91 Å². The largest absolute Gasteiger partial charge is 0.338 e. The number of carbonyl (C=O) groups excluding carboxylic acids is 1. The third-order valence-electron chi connectivity index (χ3n) is 3.86. The Morgan fingerprint density at radius 1 is 1.30 bits per heavy atom. The molecule has 0 spiro atoms. The van der Waals surface area contributed by atoms with Gasteiger partial charge >= 0.3 is 0 Å². The normalized spacial score (nSPS) is 18.6. The van der Waals surface area contributed by atoms with E-state index in [0.717, 1.165) is 37.0 Å². The van der Waals surface area contributed by atoms with Crippen molar-refractivity contribution in [2.24, 2.45) is 11.7 Å². The van der Waals surface area contributed by atoms with Gasteiger partial charge in [-0.15, -0.1) is 0 Å². The van der Waals surface area contributed by atoms with Crippen LogP contribution in [-0.2, 0) is 0 Å². The van der Waals surface area contributed by atoms with Crippen LogP contribution >= 0.6 is 0 Å². The van der Waals surface area contributed by atoms with E-state index in [2.05, 4.69) is 9.97 Å². The lowest BCUT2D eigenvalue weighted by Gasteiger charge is -2.16. The van der Waals surface area contributed by atoms with Crippen LogP contribution in [0.3, 0.4) is 0 Å². The molecule has 0 aliphatic carbocycles. The van der Waals surface area contributed by atoms with E-state index >= 15 is 0 Å². The summed E-state index contributed by atoms with van der Waals surface area (Å²) in [6, 6.07) is 5.50. The fourth-order valence-corrected chi connectivity index (χ4v) is 2.77. The second-order valence-corrected chi connectivity index (χ2v) is 5.24. The molecule has 5 nitrogen and oxygen atoms in total. The summed E-state index contributed by atoms with van der Waals surface area (Å²) in [6.45, 7) is 2.33. The van der Waals surface area contributed by atoms with Gasteiger partial charge in [-0.2, -0.15) is 0 Å². The summed E-state index contributed by atoms with van der Waals surface area (Å²) in [5, 5.41) is 0. The number of nitrogens with two attached hydrogens (primary N) is 1. The molecule has 1 unspecified atom stereocenters. The minimum absolute atomic E-state index is 0.0806. The summed E-state index contributed by atoms with van der Waals surface area (Å²) in [7, 11) is 0. The molecule has 1 saturated heterocycles. The van der Waals surface area contributed by atoms with E-state index in [4.69, 9.17) is 5.73 Å². The number of rotatable bonds is 3. The van der Waals surface area contributed by atoms with Crippen molar-refractivity contribution in [3.05, 3.63) is 36.2 Å². The van der Waals surface area contributed by atoms with Crippen LogP contribution < -0.4 is 5.73 Å². The molecule has 2 N–H and O–H groups in total. The average molecular weight is 270 g/mol. The summed E-state index contributed by atoms with van der Waals surface area (Å²) in [6.07, 6.45) is 5.34. The minimum Gasteiger partial charge on any atom is -0.338 e. The number of benzene rings is 1. The highest BCUT2D eigenvalue weighted by Gasteiger charge is 2.26. The topological polar surface area (TPSA) is 72.1 Å². The number of hydrogen-bond donors (Lipinski definition) is 1. The molecule has 104 valence electrons. The van der Waals surface area contributed by atoms with Gasteiger partial charge in [0.05, 0.1) is 11.0 Å². The second kappa shape index (κ2) is 5.54. The van der Waals surface area contributed by atoms with Gasteiger partial charge in [-0.1, -0.05) is 0 Å². The van der Waals surface area contributed by atoms with Crippen molar-refractivity contribution < 1.29 is 4.79 Å². The summed E-state index contributed by atoms with van der Waals surface area (Å²) < 4.78 is 0. The Morgan fingerprint density at radius 2 is 2.10 bits per heavy atom. The SMILES string of the molecule is NCCC1CCN(C(=O)c2ccc3nccnc3c2)C1. The summed E-state index contributed by atoms with van der Waals surface area (Å²) in [5.74, 6) is 0.626. The van der Waals surface area contributed by atoms with Crippen molar-refractivity contribution in [1.29, 1.82) is 0 Å². The molecular formula is C15H18N4O. The van der Waals surface area contributed by atoms with Gasteiger partial charge in [-0.05, 0) is 43.5 Å². The standard InChI is InChI=1S/C15H18N4O/c16-5-3-11-4-8-19(10-11)15(20)12-1-2-13-14(9-12)18-7-6-17-13/h1-2,6-7,9,11H,3-5,8,10,16H2. The van der Waals surface area contributed by atoms with Gasteiger partial charge in [-0.25, -0.2) is 0 Å². The number of hydrogen-bond acceptors (Lipinski definition) is 4. The molecule has 2 heterocycles. The average Bonchev–Trinajstić information content (AvgIpc) is 2.95. The first-order valence-corrected chi connectivity index (χ1v) is 6.98. The van der Waals surface area contributed by atoms with E-state index in [0.29, 0.717) is 18.0 Å². The van der Waals surface area contributed by atoms with Crippen LogP contribution in [0.15, 0.2) is 30.6 Å². The second-order valence-electron chi connectivity index (χ2n) is 5.24. The van der Waals surface area contributed by atoms with Gasteiger partial charge < -0.3 is 10.6 Å². The third kappa shape index (κ3) is 2.49. The van der Waals surface area contributed by atoms with Crippen LogP contribution in [0.25, 0.3) is 11.0 Å². The molecule has 1 amide bonds. The Morgan fingerprint density at radius 3 is 2.90 bits per heavy atom. The molecular weight excluding hydrogens is 252 g/mol. The molecule has 20 heavy (non-hydrogen) atoms. The molecule has 1 fully saturated rings. The van der Waals surface area contributed by atoms with E-state index in [1.807, 2.05) is 23.1 Å². The Labute approximate surface area is 117 Å². The monoisotopic (exact) mass is 270 g/mol. The smallest absolute Gasteiger partial charge is 0.253 e. The summed E-state index contributed by atoms with van der Waals surface area (Å²) >= 11 is 0. The van der Waals surface area contributed by atoms with Gasteiger partial charge in [-0.3, -0.25) is 14.8 Å². The Hall–Kier alpha value is -2.01. The zero-order valence-electron chi connectivity index (χ0n) is 11.3. The predicted molar refractivity (Wildman–Crippen MR) is 77.2 cm³/mol. The molecule has 0 bridgehead atoms. The van der Waals surface area contributed by atoms with Crippen molar-refractivity contribution >= 4 is 16.9 Å². The van der Waals surface area contributed by atoms with Gasteiger partial charge in [0, 0.05) is 31.0 Å². The molecule has 1 aromatic carbocycles. The quantitative estimate of drug-likeness (QED) is 0.916. The molecule has 2 aromatic rings. The molecule has 0 radical (unpaired) electrons. The lowest BCUT2D eigenvalue weighted by atomic mass is 10.1. The fourth-order valence-electron chi connectivity index (χ4n) is 2.77. The lowest BCUT2D eigenvalue weighted by molar-refractivity contribution is 0.0787. The number of amides is 1. The number of aromatic nitrogens is 2. The highest BCUT2D eigenvalue weighted by atomic mass is 16.2. The van der Waals surface area contributed by atoms with Crippen molar-refractivity contribution in [2.75, 3.05) is 19.6 Å². The minimum atomic E-state index is 0.0806. The zero-order valence-corrected chi connectivity index (χ0v) is 11.3. The predicted octanol–water partition coefficient (Wildman–Crippen LogP) is 1.44. The van der Waals surface area contributed by atoms with Crippen LogP contribution in [0, 0.1) is 5.92 Å². The molecule has 1 aliphatic heterocycles. The molecule has 0 saturated carbocycles. The lowest BCUT2D eigenvalue weighted by Crippen LogP contribution is -2.29. The molecule has 3 rings (SSSR count). The highest BCUT2D eigenvalue weighted by Crippen LogP contribution is 2.21. The first kappa shape index (κ1) is 13.0. The van der Waals surface area contributed by atoms with Crippen molar-refractivity contribution in [2.45, 2.75) is 12.8 Å². The molecule has 1 aliphatic rings. The first-order chi connectivity index (χ1) is 9.78. The Kier molecular flexibility index (Phi) is 3.60. The number of nitrogens with zero attached hydrogens (tertiary/aromatic N) is 3. The van der Waals surface area contributed by atoms with Gasteiger partial charge in [0.1, 0.15) is 0 Å². The van der Waals surface area contributed by atoms with Gasteiger partial charge in [0.15, 0.2) is 0 Å². The fraction of sp³-hybridized carbons (Fsp3) is 0.400. The van der Waals surface area contributed by atoms with Crippen molar-refractivity contribution in [3.8, 4) is 0 Å². The number of fused-ring (bicyclic) bond motifs is 1. The van der Waals surface area contributed by atoms with E-state index in [-0.39, 0.29) is 5.91 Å². The van der Waals surface area contributed by atoms with Crippen LogP contribution in [0.2, 0.25) is 0 Å². The maximum absolute atomic E-state index is 12.5. The van der Waals surface area contributed by atoms with Crippen LogP contribution in [-0.4, -0.2) is 40.4 Å². The molecule has 1 aromatic heterocycles. The van der Waals surface area contributed by atoms with E-state index < -0.39 is 0 Å². The Balaban J connectivity index is 1.79. The van der Waals surface area contributed by atoms with Crippen LogP contribution in [0.5, 0.6) is 0 Å². The van der Waals surface area contributed by atoms with Crippen molar-refractivity contribution in [3.63, 3.8) is 0 Å². The highest BCUT2D eigenvalue weighted by molar-refractivity contribution is 5.97. The molecule has 1 atom stereocenters. The van der Waals surface area contributed by atoms with Crippen LogP contribution in [0.4, 0.5) is 0 Å². The summed E-state index contributed by atoms with van der Waals surface area (Å²) in [5.41, 5.74) is 7.84. The van der Waals surface area contributed by atoms with Gasteiger partial charge in [0.2, 0.25) is 0 Å². The number of likely N-dealkylation sites (tertiary alicyclic amines) is 1. The van der Waals surface area contributed by atoms with Crippen LogP contribution in [0.1, 0.15) is 23.2 Å². The Bertz CT molecular complexity index is 628. The zero-order chi connectivity index (χ0) is 13.9. The van der Waals surface area contributed by atoms with E-state index in [1.165, 1.54) is 0 Å².